The van der Waals surface area contributed by atoms with Crippen molar-refractivity contribution in [1.29, 1.82) is 0 Å². The molecule has 1 aromatic carbocycles. The molecule has 6 nitrogen and oxygen atoms in total. The minimum Gasteiger partial charge on any atom is -0.468 e. The molecular weight excluding hydrogens is 384 g/mol. The highest BCUT2D eigenvalue weighted by Gasteiger charge is 2.15. The van der Waals surface area contributed by atoms with Gasteiger partial charge in [0.15, 0.2) is 0 Å². The normalized spacial score (nSPS) is 11.5. The molecule has 0 aliphatic carbocycles. The number of rotatable bonds is 7. The van der Waals surface area contributed by atoms with Gasteiger partial charge in [-0.05, 0) is 61.4 Å². The van der Waals surface area contributed by atoms with Crippen molar-refractivity contribution < 1.29 is 17.6 Å². The fourth-order valence-corrected chi connectivity index (χ4v) is 4.56. The van der Waals surface area contributed by atoms with Crippen molar-refractivity contribution in [3.8, 4) is 0 Å². The molecule has 0 fully saturated rings. The van der Waals surface area contributed by atoms with Gasteiger partial charge in [-0.15, -0.1) is 11.3 Å². The molecule has 0 spiro atoms. The zero-order chi connectivity index (χ0) is 19.4. The van der Waals surface area contributed by atoms with E-state index in [4.69, 9.17) is 4.42 Å². The summed E-state index contributed by atoms with van der Waals surface area (Å²) in [6.07, 6.45) is 2.37. The van der Waals surface area contributed by atoms with E-state index in [2.05, 4.69) is 17.0 Å². The second-order valence-electron chi connectivity index (χ2n) is 5.93. The van der Waals surface area contributed by atoms with Crippen molar-refractivity contribution in [2.45, 2.75) is 31.7 Å². The minimum atomic E-state index is -3.66. The van der Waals surface area contributed by atoms with E-state index in [1.165, 1.54) is 29.7 Å². The number of nitrogens with one attached hydrogen (secondary N) is 2. The van der Waals surface area contributed by atoms with Gasteiger partial charge >= 0.3 is 0 Å². The molecule has 0 unspecified atom stereocenters. The molecule has 0 aliphatic heterocycles. The van der Waals surface area contributed by atoms with E-state index >= 15 is 0 Å². The highest BCUT2D eigenvalue weighted by atomic mass is 32.2. The number of hydrogen-bond donors (Lipinski definition) is 2. The van der Waals surface area contributed by atoms with Crippen molar-refractivity contribution in [3.05, 3.63) is 69.8 Å². The van der Waals surface area contributed by atoms with Gasteiger partial charge < -0.3 is 9.73 Å². The highest BCUT2D eigenvalue weighted by Crippen LogP contribution is 2.23. The lowest BCUT2D eigenvalue weighted by atomic mass is 10.2. The Hall–Kier alpha value is -2.42. The lowest BCUT2D eigenvalue weighted by molar-refractivity contribution is 0.103. The summed E-state index contributed by atoms with van der Waals surface area (Å²) >= 11 is 1.45. The van der Waals surface area contributed by atoms with Crippen LogP contribution < -0.4 is 10.0 Å². The van der Waals surface area contributed by atoms with Crippen LogP contribution in [0.5, 0.6) is 0 Å². The van der Waals surface area contributed by atoms with Crippen molar-refractivity contribution in [3.63, 3.8) is 0 Å². The van der Waals surface area contributed by atoms with Crippen LogP contribution >= 0.6 is 11.3 Å². The smallest absolute Gasteiger partial charge is 0.265 e. The summed E-state index contributed by atoms with van der Waals surface area (Å²) in [5.74, 6) is 0.328. The van der Waals surface area contributed by atoms with Gasteiger partial charge in [-0.2, -0.15) is 0 Å². The minimum absolute atomic E-state index is 0.0747. The van der Waals surface area contributed by atoms with E-state index in [0.29, 0.717) is 16.3 Å². The quantitative estimate of drug-likeness (QED) is 0.624. The van der Waals surface area contributed by atoms with Gasteiger partial charge in [0.2, 0.25) is 10.0 Å². The Morgan fingerprint density at radius 2 is 1.93 bits per heavy atom. The molecule has 27 heavy (non-hydrogen) atoms. The number of carbonyl (C=O) groups is 1. The Morgan fingerprint density at radius 3 is 2.52 bits per heavy atom. The number of amides is 1. The summed E-state index contributed by atoms with van der Waals surface area (Å²) in [7, 11) is -3.66. The Balaban J connectivity index is 1.66. The molecule has 0 saturated carbocycles. The monoisotopic (exact) mass is 404 g/mol. The second kappa shape index (κ2) is 8.08. The molecule has 8 heteroatoms. The maximum Gasteiger partial charge on any atom is 0.265 e. The van der Waals surface area contributed by atoms with Crippen LogP contribution in [0.3, 0.4) is 0 Å². The summed E-state index contributed by atoms with van der Waals surface area (Å²) in [6, 6.07) is 11.3. The van der Waals surface area contributed by atoms with E-state index in [0.717, 1.165) is 16.9 Å². The molecule has 3 aromatic rings. The van der Waals surface area contributed by atoms with E-state index in [9.17, 15) is 13.2 Å². The van der Waals surface area contributed by atoms with E-state index in [1.54, 1.807) is 24.3 Å². The average Bonchev–Trinajstić information content (AvgIpc) is 3.30. The van der Waals surface area contributed by atoms with E-state index < -0.39 is 10.0 Å². The van der Waals surface area contributed by atoms with Gasteiger partial charge in [0.25, 0.3) is 5.91 Å². The number of thiophene rings is 1. The molecule has 2 aromatic heterocycles. The third-order valence-electron chi connectivity index (χ3n) is 4.06. The van der Waals surface area contributed by atoms with Gasteiger partial charge in [0.1, 0.15) is 5.76 Å². The number of sulfonamides is 1. The maximum absolute atomic E-state index is 12.4. The fourth-order valence-electron chi connectivity index (χ4n) is 2.56. The summed E-state index contributed by atoms with van der Waals surface area (Å²) < 4.78 is 32.2. The van der Waals surface area contributed by atoms with E-state index in [1.807, 2.05) is 13.0 Å². The van der Waals surface area contributed by atoms with Crippen molar-refractivity contribution in [2.24, 2.45) is 0 Å². The first kappa shape index (κ1) is 19.3. The predicted molar refractivity (Wildman–Crippen MR) is 106 cm³/mol. The lowest BCUT2D eigenvalue weighted by Gasteiger charge is -2.07. The molecule has 0 radical (unpaired) electrons. The average molecular weight is 405 g/mol. The van der Waals surface area contributed by atoms with Crippen LogP contribution in [-0.2, 0) is 23.0 Å². The van der Waals surface area contributed by atoms with Gasteiger partial charge in [0.05, 0.1) is 22.6 Å². The van der Waals surface area contributed by atoms with Crippen LogP contribution in [0.15, 0.2) is 58.0 Å². The molecule has 0 atom stereocenters. The predicted octanol–water partition coefficient (Wildman–Crippen LogP) is 3.94. The van der Waals surface area contributed by atoms with Crippen molar-refractivity contribution in [2.75, 3.05) is 5.32 Å². The van der Waals surface area contributed by atoms with Gasteiger partial charge in [-0.3, -0.25) is 4.79 Å². The van der Waals surface area contributed by atoms with Gasteiger partial charge in [-0.25, -0.2) is 13.1 Å². The molecule has 0 saturated heterocycles. The molecule has 3 rings (SSSR count). The van der Waals surface area contributed by atoms with Crippen LogP contribution in [0.2, 0.25) is 0 Å². The molecule has 142 valence electrons. The Morgan fingerprint density at radius 1 is 1.19 bits per heavy atom. The summed E-state index contributed by atoms with van der Waals surface area (Å²) in [6.45, 7) is 4.12. The SMILES string of the molecule is CCc1cc(C(=O)Nc2ccc(S(=O)(=O)NCc3ccco3)cc2)sc1C. The maximum atomic E-state index is 12.4. The summed E-state index contributed by atoms with van der Waals surface area (Å²) in [5.41, 5.74) is 1.70. The first-order chi connectivity index (χ1) is 12.9. The fraction of sp³-hybridized carbons (Fsp3) is 0.211. The molecule has 2 heterocycles. The van der Waals surface area contributed by atoms with Gasteiger partial charge in [-0.1, -0.05) is 6.92 Å². The molecular formula is C19H20N2O4S2. The number of carbonyl (C=O) groups excluding carboxylic acids is 1. The van der Waals surface area contributed by atoms with Crippen molar-refractivity contribution in [1.82, 2.24) is 4.72 Å². The second-order valence-corrected chi connectivity index (χ2v) is 8.95. The summed E-state index contributed by atoms with van der Waals surface area (Å²) in [5, 5.41) is 2.80. The topological polar surface area (TPSA) is 88.4 Å². The highest BCUT2D eigenvalue weighted by molar-refractivity contribution is 7.89. The largest absolute Gasteiger partial charge is 0.468 e. The number of aryl methyl sites for hydroxylation is 2. The third kappa shape index (κ3) is 4.65. The Labute approximate surface area is 162 Å². The molecule has 0 aliphatic rings. The number of furan rings is 1. The zero-order valence-electron chi connectivity index (χ0n) is 15.0. The van der Waals surface area contributed by atoms with Crippen LogP contribution in [0, 0.1) is 6.92 Å². The number of hydrogen-bond acceptors (Lipinski definition) is 5. The summed E-state index contributed by atoms with van der Waals surface area (Å²) in [4.78, 5) is 14.3. The first-order valence-electron chi connectivity index (χ1n) is 8.42. The zero-order valence-corrected chi connectivity index (χ0v) is 16.6. The standard InChI is InChI=1S/C19H20N2O4S2/c1-3-14-11-18(26-13(14)2)19(22)21-15-6-8-17(9-7-15)27(23,24)20-12-16-5-4-10-25-16/h4-11,20H,3,12H2,1-2H3,(H,21,22). The molecule has 2 N–H and O–H groups in total. The van der Waals surface area contributed by atoms with Crippen molar-refractivity contribution >= 4 is 33.0 Å². The number of anilines is 1. The lowest BCUT2D eigenvalue weighted by Crippen LogP contribution is -2.23. The number of benzene rings is 1. The molecule has 1 amide bonds. The van der Waals surface area contributed by atoms with Crippen LogP contribution in [0.25, 0.3) is 0 Å². The Bertz CT molecular complexity index is 1020. The van der Waals surface area contributed by atoms with Crippen LogP contribution in [0.1, 0.15) is 32.8 Å². The molecule has 0 bridgehead atoms. The van der Waals surface area contributed by atoms with Gasteiger partial charge in [0, 0.05) is 10.6 Å². The van der Waals surface area contributed by atoms with Crippen LogP contribution in [-0.4, -0.2) is 14.3 Å². The first-order valence-corrected chi connectivity index (χ1v) is 10.7. The third-order valence-corrected chi connectivity index (χ3v) is 6.57. The van der Waals surface area contributed by atoms with Crippen LogP contribution in [0.4, 0.5) is 5.69 Å². The Kier molecular flexibility index (Phi) is 5.79. The van der Waals surface area contributed by atoms with E-state index in [-0.39, 0.29) is 17.3 Å².